The van der Waals surface area contributed by atoms with Gasteiger partial charge in [-0.05, 0) is 47.4 Å². The van der Waals surface area contributed by atoms with E-state index in [1.807, 2.05) is 6.07 Å². The Morgan fingerprint density at radius 1 is 1.12 bits per heavy atom. The minimum Gasteiger partial charge on any atom is -0.475 e. The van der Waals surface area contributed by atoms with Gasteiger partial charge in [-0.1, -0.05) is 18.2 Å². The summed E-state index contributed by atoms with van der Waals surface area (Å²) < 4.78 is 74.4. The Hall–Kier alpha value is -3.81. The number of ether oxygens (including phenoxy) is 1. The second-order valence-electron chi connectivity index (χ2n) is 6.76. The van der Waals surface area contributed by atoms with Crippen molar-refractivity contribution in [2.75, 3.05) is 0 Å². The number of rotatable bonds is 2. The van der Waals surface area contributed by atoms with Gasteiger partial charge in [-0.2, -0.15) is 18.3 Å². The third-order valence-corrected chi connectivity index (χ3v) is 4.43. The summed E-state index contributed by atoms with van der Waals surface area (Å²) in [4.78, 5) is 20.9. The molecule has 1 atom stereocenters. The summed E-state index contributed by atoms with van der Waals surface area (Å²) in [5.74, 6) is -2.60. The van der Waals surface area contributed by atoms with E-state index >= 15 is 0 Å². The molecule has 0 bridgehead atoms. The molecule has 1 aliphatic heterocycles. The van der Waals surface area contributed by atoms with Crippen molar-refractivity contribution in [2.24, 2.45) is 5.73 Å². The van der Waals surface area contributed by atoms with Gasteiger partial charge in [-0.25, -0.2) is 19.3 Å². The predicted molar refractivity (Wildman–Crippen MR) is 101 cm³/mol. The van der Waals surface area contributed by atoms with Crippen LogP contribution in [-0.4, -0.2) is 38.4 Å². The van der Waals surface area contributed by atoms with Crippen molar-refractivity contribution in [2.45, 2.75) is 25.0 Å². The molecule has 2 aromatic carbocycles. The number of benzene rings is 2. The van der Waals surface area contributed by atoms with Gasteiger partial charge in [0.2, 0.25) is 0 Å². The summed E-state index contributed by atoms with van der Waals surface area (Å²) in [6.07, 6.45) is -9.37. The summed E-state index contributed by atoms with van der Waals surface area (Å²) in [5, 5.41) is 13.4. The monoisotopic (exact) mass is 476 g/mol. The largest absolute Gasteiger partial charge is 0.573 e. The molecular formula is C19H14F6N4O4. The maximum Gasteiger partial charge on any atom is 0.573 e. The highest BCUT2D eigenvalue weighted by atomic mass is 19.4. The zero-order valence-corrected chi connectivity index (χ0v) is 16.2. The van der Waals surface area contributed by atoms with Gasteiger partial charge in [0.15, 0.2) is 5.82 Å². The average molecular weight is 476 g/mol. The number of aromatic nitrogens is 3. The molecule has 0 fully saturated rings. The first-order valence-corrected chi connectivity index (χ1v) is 8.99. The number of nitrogens with one attached hydrogen (secondary N) is 1. The van der Waals surface area contributed by atoms with Crippen LogP contribution in [0.15, 0.2) is 47.3 Å². The summed E-state index contributed by atoms with van der Waals surface area (Å²) in [6, 6.07) is 10.5. The van der Waals surface area contributed by atoms with Crippen molar-refractivity contribution in [1.29, 1.82) is 0 Å². The lowest BCUT2D eigenvalue weighted by Gasteiger charge is -2.22. The van der Waals surface area contributed by atoms with E-state index in [0.29, 0.717) is 29.1 Å². The summed E-state index contributed by atoms with van der Waals surface area (Å²) in [6.45, 7) is 0. The molecule has 0 amide bonds. The molecule has 1 aliphatic rings. The molecule has 4 rings (SSSR count). The number of hydrogen-bond acceptors (Lipinski definition) is 5. The quantitative estimate of drug-likeness (QED) is 0.488. The molecule has 14 heteroatoms. The normalized spacial score (nSPS) is 15.1. The minimum absolute atomic E-state index is 0.294. The number of H-pyrrole nitrogens is 1. The van der Waals surface area contributed by atoms with Crippen molar-refractivity contribution in [3.63, 3.8) is 0 Å². The van der Waals surface area contributed by atoms with Gasteiger partial charge in [0.25, 0.3) is 0 Å². The fourth-order valence-corrected chi connectivity index (χ4v) is 3.14. The molecule has 0 saturated carbocycles. The minimum atomic E-state index is -5.08. The van der Waals surface area contributed by atoms with E-state index < -0.39 is 24.5 Å². The zero-order valence-electron chi connectivity index (χ0n) is 16.2. The van der Waals surface area contributed by atoms with Crippen LogP contribution in [0.1, 0.15) is 17.4 Å². The smallest absolute Gasteiger partial charge is 0.475 e. The van der Waals surface area contributed by atoms with E-state index in [9.17, 15) is 31.1 Å². The van der Waals surface area contributed by atoms with Crippen LogP contribution < -0.4 is 16.2 Å². The van der Waals surface area contributed by atoms with Gasteiger partial charge in [0.1, 0.15) is 5.75 Å². The third-order valence-electron chi connectivity index (χ3n) is 4.43. The zero-order chi connectivity index (χ0) is 24.6. The molecule has 0 saturated heterocycles. The highest BCUT2D eigenvalue weighted by Crippen LogP contribution is 2.33. The van der Waals surface area contributed by atoms with Crippen LogP contribution in [0.5, 0.6) is 5.75 Å². The Kier molecular flexibility index (Phi) is 6.22. The molecule has 2 heterocycles. The first-order chi connectivity index (χ1) is 15.3. The van der Waals surface area contributed by atoms with E-state index in [-0.39, 0.29) is 11.4 Å². The second-order valence-corrected chi connectivity index (χ2v) is 6.76. The van der Waals surface area contributed by atoms with Gasteiger partial charge < -0.3 is 15.6 Å². The molecule has 176 valence electrons. The van der Waals surface area contributed by atoms with E-state index in [2.05, 4.69) is 14.9 Å². The van der Waals surface area contributed by atoms with Crippen LogP contribution in [0.2, 0.25) is 0 Å². The molecular weight excluding hydrogens is 462 g/mol. The Balaban J connectivity index is 0.000000383. The Morgan fingerprint density at radius 2 is 1.76 bits per heavy atom. The first-order valence-electron chi connectivity index (χ1n) is 8.99. The summed E-state index contributed by atoms with van der Waals surface area (Å²) >= 11 is 0. The number of aliphatic carboxylic acids is 1. The van der Waals surface area contributed by atoms with Gasteiger partial charge in [0, 0.05) is 0 Å². The maximum atomic E-state index is 12.4. The highest BCUT2D eigenvalue weighted by Gasteiger charge is 2.38. The molecule has 0 aliphatic carbocycles. The van der Waals surface area contributed by atoms with Crippen molar-refractivity contribution >= 4 is 5.97 Å². The first kappa shape index (κ1) is 23.8. The molecule has 33 heavy (non-hydrogen) atoms. The molecule has 0 radical (unpaired) electrons. The van der Waals surface area contributed by atoms with Crippen LogP contribution in [0.25, 0.3) is 16.8 Å². The Morgan fingerprint density at radius 3 is 2.36 bits per heavy atom. The highest BCUT2D eigenvalue weighted by molar-refractivity contribution is 5.73. The van der Waals surface area contributed by atoms with Crippen molar-refractivity contribution in [3.05, 3.63) is 64.3 Å². The van der Waals surface area contributed by atoms with E-state index in [4.69, 9.17) is 15.6 Å². The van der Waals surface area contributed by atoms with Gasteiger partial charge in [0.05, 0.1) is 11.7 Å². The standard InChI is InChI=1S/C17H13F3N4O2.C2HF3O2/c18-17(19,20)26-12-3-1-2-9(7-12)10-4-5-14-11(6-10)8-13(21)15-22-23-16(25)24(14)15;3-2(4,5)1(6)7/h1-7,13H,8,21H2,(H,23,25);(H,6,7). The van der Waals surface area contributed by atoms with E-state index in [0.717, 1.165) is 5.56 Å². The average Bonchev–Trinajstić information content (AvgIpc) is 3.09. The van der Waals surface area contributed by atoms with Crippen LogP contribution in [-0.2, 0) is 11.2 Å². The topological polar surface area (TPSA) is 123 Å². The van der Waals surface area contributed by atoms with E-state index in [1.54, 1.807) is 18.2 Å². The van der Waals surface area contributed by atoms with Crippen LogP contribution in [0, 0.1) is 0 Å². The fourth-order valence-electron chi connectivity index (χ4n) is 3.14. The van der Waals surface area contributed by atoms with E-state index in [1.165, 1.54) is 22.8 Å². The number of carboxylic acid groups (broad SMARTS) is 1. The number of halogens is 6. The number of fused-ring (bicyclic) bond motifs is 3. The number of aromatic amines is 1. The van der Waals surface area contributed by atoms with Crippen molar-refractivity contribution < 1.29 is 41.0 Å². The maximum absolute atomic E-state index is 12.4. The Labute approximate surface area is 180 Å². The number of nitrogens with zero attached hydrogens (tertiary/aromatic N) is 2. The lowest BCUT2D eigenvalue weighted by atomic mass is 9.95. The molecule has 1 unspecified atom stereocenters. The molecule has 4 N–H and O–H groups in total. The van der Waals surface area contributed by atoms with Gasteiger partial charge in [-0.15, -0.1) is 13.2 Å². The SMILES string of the molecule is NC1Cc2cc(-c3cccc(OC(F)(F)F)c3)ccc2-n2c1n[nH]c2=O.O=C(O)C(F)(F)F. The lowest BCUT2D eigenvalue weighted by Crippen LogP contribution is -2.28. The molecule has 1 aromatic heterocycles. The Bertz CT molecular complexity index is 1230. The fraction of sp³-hybridized carbons (Fsp3) is 0.211. The van der Waals surface area contributed by atoms with Crippen LogP contribution in [0.4, 0.5) is 26.3 Å². The number of carboxylic acids is 1. The number of nitrogens with two attached hydrogens (primary N) is 1. The van der Waals surface area contributed by atoms with Gasteiger partial charge in [-0.3, -0.25) is 0 Å². The van der Waals surface area contributed by atoms with Crippen molar-refractivity contribution in [3.8, 4) is 22.6 Å². The lowest BCUT2D eigenvalue weighted by molar-refractivity contribution is -0.274. The number of alkyl halides is 6. The number of hydrogen-bond donors (Lipinski definition) is 3. The molecule has 8 nitrogen and oxygen atoms in total. The van der Waals surface area contributed by atoms with Gasteiger partial charge >= 0.3 is 24.2 Å². The summed E-state index contributed by atoms with van der Waals surface area (Å²) in [5.41, 5.74) is 8.42. The van der Waals surface area contributed by atoms with Crippen LogP contribution in [0.3, 0.4) is 0 Å². The second kappa shape index (κ2) is 8.61. The van der Waals surface area contributed by atoms with Crippen LogP contribution >= 0.6 is 0 Å². The predicted octanol–water partition coefficient (Wildman–Crippen LogP) is 3.32. The summed E-state index contributed by atoms with van der Waals surface area (Å²) in [7, 11) is 0. The molecule has 3 aromatic rings. The third kappa shape index (κ3) is 5.52. The van der Waals surface area contributed by atoms with Crippen molar-refractivity contribution in [1.82, 2.24) is 14.8 Å². The molecule has 0 spiro atoms. The number of carbonyl (C=O) groups is 1.